The van der Waals surface area contributed by atoms with Gasteiger partial charge in [0.2, 0.25) is 0 Å². The van der Waals surface area contributed by atoms with Crippen LogP contribution in [-0.2, 0) is 6.54 Å². The molecule has 0 saturated heterocycles. The Bertz CT molecular complexity index is 270. The summed E-state index contributed by atoms with van der Waals surface area (Å²) in [6, 6.07) is 0. The van der Waals surface area contributed by atoms with E-state index in [9.17, 15) is 0 Å². The third-order valence-electron chi connectivity index (χ3n) is 2.61. The Kier molecular flexibility index (Phi) is 2.36. The molecule has 1 aromatic heterocycles. The molecular weight excluding hydrogens is 164 g/mol. The fourth-order valence-corrected chi connectivity index (χ4v) is 1.48. The molecule has 13 heavy (non-hydrogen) atoms. The van der Waals surface area contributed by atoms with Crippen molar-refractivity contribution in [3.8, 4) is 0 Å². The summed E-state index contributed by atoms with van der Waals surface area (Å²) in [7, 11) is 0. The monoisotopic (exact) mass is 180 g/mol. The average molecular weight is 180 g/mol. The zero-order valence-electron chi connectivity index (χ0n) is 8.26. The summed E-state index contributed by atoms with van der Waals surface area (Å²) in [6.07, 6.45) is 2.79. The lowest BCUT2D eigenvalue weighted by molar-refractivity contribution is 0.392. The van der Waals surface area contributed by atoms with Crippen molar-refractivity contribution in [1.82, 2.24) is 10.5 Å². The minimum atomic E-state index is 0.900. The van der Waals surface area contributed by atoms with Gasteiger partial charge in [-0.2, -0.15) is 0 Å². The van der Waals surface area contributed by atoms with Crippen LogP contribution < -0.4 is 5.32 Å². The van der Waals surface area contributed by atoms with E-state index >= 15 is 0 Å². The first-order valence-corrected chi connectivity index (χ1v) is 4.90. The number of nitrogens with zero attached hydrogens (tertiary/aromatic N) is 1. The second-order valence-corrected chi connectivity index (χ2v) is 3.88. The topological polar surface area (TPSA) is 38.1 Å². The van der Waals surface area contributed by atoms with Crippen molar-refractivity contribution in [3.05, 3.63) is 17.0 Å². The van der Waals surface area contributed by atoms with E-state index in [1.165, 1.54) is 18.4 Å². The third-order valence-corrected chi connectivity index (χ3v) is 2.61. The number of nitrogens with one attached hydrogen (secondary N) is 1. The van der Waals surface area contributed by atoms with Crippen LogP contribution in [0.4, 0.5) is 0 Å². The Balaban J connectivity index is 1.84. The quantitative estimate of drug-likeness (QED) is 0.767. The molecule has 2 rings (SSSR count). The van der Waals surface area contributed by atoms with Crippen molar-refractivity contribution in [3.63, 3.8) is 0 Å². The summed E-state index contributed by atoms with van der Waals surface area (Å²) in [4.78, 5) is 0. The first kappa shape index (κ1) is 8.75. The third kappa shape index (κ3) is 2.10. The van der Waals surface area contributed by atoms with Crippen LogP contribution in [0.1, 0.15) is 29.9 Å². The summed E-state index contributed by atoms with van der Waals surface area (Å²) < 4.78 is 5.08. The molecule has 1 aromatic rings. The number of rotatable bonds is 4. The van der Waals surface area contributed by atoms with Crippen LogP contribution in [0.15, 0.2) is 4.52 Å². The predicted molar refractivity (Wildman–Crippen MR) is 50.4 cm³/mol. The molecule has 1 heterocycles. The summed E-state index contributed by atoms with van der Waals surface area (Å²) in [5, 5.41) is 7.35. The molecule has 1 aliphatic rings. The van der Waals surface area contributed by atoms with E-state index in [1.54, 1.807) is 0 Å². The van der Waals surface area contributed by atoms with Gasteiger partial charge < -0.3 is 9.84 Å². The van der Waals surface area contributed by atoms with Gasteiger partial charge in [-0.1, -0.05) is 5.16 Å². The number of hydrogen-bond acceptors (Lipinski definition) is 3. The predicted octanol–water partition coefficient (Wildman–Crippen LogP) is 1.79. The van der Waals surface area contributed by atoms with Crippen molar-refractivity contribution in [2.45, 2.75) is 33.2 Å². The minimum absolute atomic E-state index is 0.900. The van der Waals surface area contributed by atoms with Gasteiger partial charge in [0.1, 0.15) is 5.76 Å². The zero-order valence-corrected chi connectivity index (χ0v) is 8.26. The largest absolute Gasteiger partial charge is 0.361 e. The Hall–Kier alpha value is -0.830. The van der Waals surface area contributed by atoms with Gasteiger partial charge in [0.05, 0.1) is 5.69 Å². The van der Waals surface area contributed by atoms with Crippen molar-refractivity contribution in [2.75, 3.05) is 6.54 Å². The molecule has 0 unspecified atom stereocenters. The van der Waals surface area contributed by atoms with Gasteiger partial charge in [0, 0.05) is 12.1 Å². The Morgan fingerprint density at radius 2 is 2.23 bits per heavy atom. The summed E-state index contributed by atoms with van der Waals surface area (Å²) in [5.41, 5.74) is 2.24. The van der Waals surface area contributed by atoms with Gasteiger partial charge in [-0.15, -0.1) is 0 Å². The highest BCUT2D eigenvalue weighted by molar-refractivity contribution is 5.20. The normalized spacial score (nSPS) is 16.5. The van der Waals surface area contributed by atoms with Gasteiger partial charge in [0.15, 0.2) is 0 Å². The van der Waals surface area contributed by atoms with E-state index in [4.69, 9.17) is 4.52 Å². The molecule has 1 N–H and O–H groups in total. The molecule has 0 amide bonds. The molecule has 0 spiro atoms. The average Bonchev–Trinajstić information content (AvgIpc) is 2.86. The van der Waals surface area contributed by atoms with Gasteiger partial charge in [-0.3, -0.25) is 0 Å². The Morgan fingerprint density at radius 3 is 2.77 bits per heavy atom. The van der Waals surface area contributed by atoms with Gasteiger partial charge in [0.25, 0.3) is 0 Å². The van der Waals surface area contributed by atoms with E-state index in [0.717, 1.165) is 30.5 Å². The molecule has 1 saturated carbocycles. The highest BCUT2D eigenvalue weighted by Crippen LogP contribution is 2.27. The van der Waals surface area contributed by atoms with Crippen LogP contribution in [0, 0.1) is 19.8 Å². The van der Waals surface area contributed by atoms with E-state index in [2.05, 4.69) is 10.5 Å². The standard InChI is InChI=1S/C10H16N2O/c1-7-10(8(2)13-12-7)6-11-5-9-3-4-9/h9,11H,3-6H2,1-2H3. The van der Waals surface area contributed by atoms with Gasteiger partial charge in [-0.25, -0.2) is 0 Å². The maximum Gasteiger partial charge on any atom is 0.138 e. The maximum absolute atomic E-state index is 5.08. The lowest BCUT2D eigenvalue weighted by Gasteiger charge is -2.01. The molecular formula is C10H16N2O. The summed E-state index contributed by atoms with van der Waals surface area (Å²) >= 11 is 0. The van der Waals surface area contributed by atoms with E-state index < -0.39 is 0 Å². The highest BCUT2D eigenvalue weighted by atomic mass is 16.5. The molecule has 0 atom stereocenters. The van der Waals surface area contributed by atoms with Crippen LogP contribution in [0.25, 0.3) is 0 Å². The molecule has 1 aliphatic carbocycles. The van der Waals surface area contributed by atoms with Crippen LogP contribution >= 0.6 is 0 Å². The lowest BCUT2D eigenvalue weighted by Crippen LogP contribution is -2.16. The fraction of sp³-hybridized carbons (Fsp3) is 0.700. The summed E-state index contributed by atoms with van der Waals surface area (Å²) in [6.45, 7) is 6.00. The molecule has 0 radical (unpaired) electrons. The molecule has 3 nitrogen and oxygen atoms in total. The Morgan fingerprint density at radius 1 is 1.46 bits per heavy atom. The van der Waals surface area contributed by atoms with Crippen molar-refractivity contribution in [2.24, 2.45) is 5.92 Å². The Labute approximate surface area is 78.5 Å². The van der Waals surface area contributed by atoms with Crippen molar-refractivity contribution >= 4 is 0 Å². The van der Waals surface area contributed by atoms with Crippen LogP contribution in [0.3, 0.4) is 0 Å². The van der Waals surface area contributed by atoms with Gasteiger partial charge >= 0.3 is 0 Å². The van der Waals surface area contributed by atoms with Crippen LogP contribution in [0.5, 0.6) is 0 Å². The van der Waals surface area contributed by atoms with E-state index in [1.807, 2.05) is 13.8 Å². The first-order valence-electron chi connectivity index (χ1n) is 4.90. The molecule has 1 fully saturated rings. The number of aryl methyl sites for hydroxylation is 2. The molecule has 3 heteroatoms. The first-order chi connectivity index (χ1) is 6.27. The maximum atomic E-state index is 5.08. The molecule has 0 aliphatic heterocycles. The second kappa shape index (κ2) is 3.50. The second-order valence-electron chi connectivity index (χ2n) is 3.88. The van der Waals surface area contributed by atoms with E-state index in [-0.39, 0.29) is 0 Å². The lowest BCUT2D eigenvalue weighted by atomic mass is 10.2. The van der Waals surface area contributed by atoms with Crippen molar-refractivity contribution < 1.29 is 4.52 Å². The molecule has 0 aromatic carbocycles. The minimum Gasteiger partial charge on any atom is -0.361 e. The zero-order chi connectivity index (χ0) is 9.26. The number of hydrogen-bond donors (Lipinski definition) is 1. The van der Waals surface area contributed by atoms with Gasteiger partial charge in [-0.05, 0) is 39.2 Å². The molecule has 72 valence electrons. The number of aromatic nitrogens is 1. The fourth-order valence-electron chi connectivity index (χ4n) is 1.48. The van der Waals surface area contributed by atoms with Crippen LogP contribution in [0.2, 0.25) is 0 Å². The van der Waals surface area contributed by atoms with Crippen molar-refractivity contribution in [1.29, 1.82) is 0 Å². The summed E-state index contributed by atoms with van der Waals surface area (Å²) in [5.74, 6) is 1.88. The smallest absolute Gasteiger partial charge is 0.138 e. The molecule has 0 bridgehead atoms. The van der Waals surface area contributed by atoms with E-state index in [0.29, 0.717) is 0 Å². The highest BCUT2D eigenvalue weighted by Gasteiger charge is 2.20. The SMILES string of the molecule is Cc1noc(C)c1CNCC1CC1. The van der Waals surface area contributed by atoms with Crippen LogP contribution in [-0.4, -0.2) is 11.7 Å².